The Morgan fingerprint density at radius 1 is 1.24 bits per heavy atom. The van der Waals surface area contributed by atoms with Gasteiger partial charge in [0, 0.05) is 5.56 Å². The Kier molecular flexibility index (Phi) is 4.08. The van der Waals surface area contributed by atoms with Crippen molar-refractivity contribution >= 4 is 5.82 Å². The summed E-state index contributed by atoms with van der Waals surface area (Å²) in [7, 11) is 0. The van der Waals surface area contributed by atoms with Crippen LogP contribution in [-0.4, -0.2) is 22.0 Å². The predicted octanol–water partition coefficient (Wildman–Crippen LogP) is 3.26. The molecule has 0 bridgehead atoms. The van der Waals surface area contributed by atoms with Crippen molar-refractivity contribution in [3.05, 3.63) is 24.3 Å². The van der Waals surface area contributed by atoms with E-state index in [0.29, 0.717) is 17.4 Å². The zero-order valence-electron chi connectivity index (χ0n) is 12.4. The first kappa shape index (κ1) is 13.9. The second-order valence-electron chi connectivity index (χ2n) is 6.02. The lowest BCUT2D eigenvalue weighted by Crippen LogP contribution is -2.18. The highest BCUT2D eigenvalue weighted by atomic mass is 16.5. The largest absolute Gasteiger partial charge is 0.493 e. The fraction of sp³-hybridized carbons (Fsp3) is 0.500. The number of hydrogen-bond donors (Lipinski definition) is 2. The molecule has 112 valence electrons. The molecule has 0 amide bonds. The number of nitrogens with zero attached hydrogens (tertiary/aromatic N) is 2. The molecule has 1 aromatic heterocycles. The molecule has 0 radical (unpaired) electrons. The first-order valence-corrected chi connectivity index (χ1v) is 7.62. The Morgan fingerprint density at radius 3 is 2.76 bits per heavy atom. The first-order valence-electron chi connectivity index (χ1n) is 7.62. The molecule has 2 aromatic rings. The Labute approximate surface area is 124 Å². The van der Waals surface area contributed by atoms with Gasteiger partial charge in [0.15, 0.2) is 5.82 Å². The van der Waals surface area contributed by atoms with E-state index in [-0.39, 0.29) is 0 Å². The van der Waals surface area contributed by atoms with Gasteiger partial charge in [0.1, 0.15) is 11.4 Å². The van der Waals surface area contributed by atoms with Crippen LogP contribution in [-0.2, 0) is 0 Å². The molecule has 1 saturated carbocycles. The minimum absolute atomic E-state index is 0.411. The van der Waals surface area contributed by atoms with Crippen molar-refractivity contribution in [2.24, 2.45) is 11.8 Å². The number of nitrogens with one attached hydrogen (secondary N) is 1. The summed E-state index contributed by atoms with van der Waals surface area (Å²) in [5.74, 6) is 2.84. The normalized spacial score (nSPS) is 22.1. The number of aromatic amines is 1. The number of rotatable bonds is 4. The van der Waals surface area contributed by atoms with Crippen LogP contribution in [0.1, 0.15) is 32.6 Å². The summed E-state index contributed by atoms with van der Waals surface area (Å²) in [6.45, 7) is 3.13. The maximum absolute atomic E-state index is 5.96. The SMILES string of the molecule is CC1CCC(COc2cccc(-c3n[nH]nc3N)c2)CC1. The summed E-state index contributed by atoms with van der Waals surface area (Å²) in [5, 5.41) is 10.5. The van der Waals surface area contributed by atoms with Gasteiger partial charge in [-0.3, -0.25) is 0 Å². The molecule has 1 fully saturated rings. The number of nitrogen functional groups attached to an aromatic ring is 1. The van der Waals surface area contributed by atoms with Crippen molar-refractivity contribution in [2.75, 3.05) is 12.3 Å². The zero-order valence-corrected chi connectivity index (χ0v) is 12.4. The monoisotopic (exact) mass is 286 g/mol. The van der Waals surface area contributed by atoms with Crippen molar-refractivity contribution in [3.8, 4) is 17.0 Å². The number of H-pyrrole nitrogens is 1. The van der Waals surface area contributed by atoms with Crippen LogP contribution in [0.2, 0.25) is 0 Å². The lowest BCUT2D eigenvalue weighted by atomic mass is 9.83. The smallest absolute Gasteiger partial charge is 0.173 e. The summed E-state index contributed by atoms with van der Waals surface area (Å²) < 4.78 is 5.96. The van der Waals surface area contributed by atoms with Crippen LogP contribution in [0.4, 0.5) is 5.82 Å². The van der Waals surface area contributed by atoms with Crippen molar-refractivity contribution in [3.63, 3.8) is 0 Å². The average Bonchev–Trinajstić information content (AvgIpc) is 2.93. The van der Waals surface area contributed by atoms with Gasteiger partial charge in [0.05, 0.1) is 6.61 Å². The Balaban J connectivity index is 1.63. The molecule has 1 aliphatic carbocycles. The van der Waals surface area contributed by atoms with Gasteiger partial charge < -0.3 is 10.5 Å². The molecule has 5 nitrogen and oxygen atoms in total. The summed E-state index contributed by atoms with van der Waals surface area (Å²) in [6, 6.07) is 7.87. The first-order chi connectivity index (χ1) is 10.2. The van der Waals surface area contributed by atoms with E-state index in [2.05, 4.69) is 22.3 Å². The Morgan fingerprint density at radius 2 is 2.05 bits per heavy atom. The molecule has 1 aromatic carbocycles. The molecule has 3 rings (SSSR count). The molecule has 1 heterocycles. The van der Waals surface area contributed by atoms with Gasteiger partial charge in [0.2, 0.25) is 0 Å². The molecule has 0 spiro atoms. The van der Waals surface area contributed by atoms with Gasteiger partial charge in [-0.05, 0) is 36.8 Å². The van der Waals surface area contributed by atoms with E-state index < -0.39 is 0 Å². The Bertz CT molecular complexity index is 587. The summed E-state index contributed by atoms with van der Waals surface area (Å²) >= 11 is 0. The molecule has 0 unspecified atom stereocenters. The second kappa shape index (κ2) is 6.16. The molecule has 0 saturated heterocycles. The van der Waals surface area contributed by atoms with Gasteiger partial charge >= 0.3 is 0 Å². The van der Waals surface area contributed by atoms with E-state index in [1.54, 1.807) is 0 Å². The molecular formula is C16H22N4O. The summed E-state index contributed by atoms with van der Waals surface area (Å²) in [4.78, 5) is 0. The van der Waals surface area contributed by atoms with Crippen molar-refractivity contribution in [1.29, 1.82) is 0 Å². The third-order valence-electron chi connectivity index (χ3n) is 4.30. The minimum atomic E-state index is 0.411. The predicted molar refractivity (Wildman–Crippen MR) is 82.8 cm³/mol. The van der Waals surface area contributed by atoms with Gasteiger partial charge in [-0.15, -0.1) is 5.10 Å². The molecule has 3 N–H and O–H groups in total. The van der Waals surface area contributed by atoms with Crippen LogP contribution >= 0.6 is 0 Å². The maximum atomic E-state index is 5.96. The van der Waals surface area contributed by atoms with Crippen LogP contribution in [0, 0.1) is 11.8 Å². The van der Waals surface area contributed by atoms with Crippen LogP contribution in [0.25, 0.3) is 11.3 Å². The number of anilines is 1. The van der Waals surface area contributed by atoms with E-state index in [1.165, 1.54) is 25.7 Å². The fourth-order valence-electron chi connectivity index (χ4n) is 2.89. The fourth-order valence-corrected chi connectivity index (χ4v) is 2.89. The van der Waals surface area contributed by atoms with E-state index >= 15 is 0 Å². The molecular weight excluding hydrogens is 264 g/mol. The molecule has 21 heavy (non-hydrogen) atoms. The number of ether oxygens (including phenoxy) is 1. The lowest BCUT2D eigenvalue weighted by Gasteiger charge is -2.26. The highest BCUT2D eigenvalue weighted by molar-refractivity contribution is 5.70. The van der Waals surface area contributed by atoms with Crippen molar-refractivity contribution in [2.45, 2.75) is 32.6 Å². The third-order valence-corrected chi connectivity index (χ3v) is 4.30. The number of aromatic nitrogens is 3. The lowest BCUT2D eigenvalue weighted by molar-refractivity contribution is 0.188. The third kappa shape index (κ3) is 3.35. The van der Waals surface area contributed by atoms with Crippen LogP contribution in [0.5, 0.6) is 5.75 Å². The maximum Gasteiger partial charge on any atom is 0.173 e. The van der Waals surface area contributed by atoms with Gasteiger partial charge in [0.25, 0.3) is 0 Å². The molecule has 5 heteroatoms. The number of nitrogens with two attached hydrogens (primary N) is 1. The van der Waals surface area contributed by atoms with E-state index in [9.17, 15) is 0 Å². The zero-order chi connectivity index (χ0) is 14.7. The number of benzene rings is 1. The van der Waals surface area contributed by atoms with Crippen LogP contribution in [0.3, 0.4) is 0 Å². The molecule has 0 aliphatic heterocycles. The molecule has 1 aliphatic rings. The quantitative estimate of drug-likeness (QED) is 0.904. The standard InChI is InChI=1S/C16H22N4O/c1-11-5-7-12(8-6-11)10-21-14-4-2-3-13(9-14)15-16(17)19-20-18-15/h2-4,9,11-12H,5-8,10H2,1H3,(H3,17,18,19,20). The summed E-state index contributed by atoms with van der Waals surface area (Å²) in [5.41, 5.74) is 7.38. The molecule has 0 atom stereocenters. The summed E-state index contributed by atoms with van der Waals surface area (Å²) in [6.07, 6.45) is 5.20. The van der Waals surface area contributed by atoms with Gasteiger partial charge in [-0.2, -0.15) is 10.3 Å². The van der Waals surface area contributed by atoms with Crippen molar-refractivity contribution in [1.82, 2.24) is 15.4 Å². The highest BCUT2D eigenvalue weighted by Crippen LogP contribution is 2.30. The van der Waals surface area contributed by atoms with Gasteiger partial charge in [-0.1, -0.05) is 31.9 Å². The average molecular weight is 286 g/mol. The van der Waals surface area contributed by atoms with Crippen LogP contribution < -0.4 is 10.5 Å². The second-order valence-corrected chi connectivity index (χ2v) is 6.02. The van der Waals surface area contributed by atoms with E-state index in [4.69, 9.17) is 10.5 Å². The topological polar surface area (TPSA) is 76.8 Å². The van der Waals surface area contributed by atoms with E-state index in [0.717, 1.165) is 23.8 Å². The highest BCUT2D eigenvalue weighted by Gasteiger charge is 2.18. The van der Waals surface area contributed by atoms with E-state index in [1.807, 2.05) is 24.3 Å². The van der Waals surface area contributed by atoms with Gasteiger partial charge in [-0.25, -0.2) is 0 Å². The minimum Gasteiger partial charge on any atom is -0.493 e. The van der Waals surface area contributed by atoms with Crippen LogP contribution in [0.15, 0.2) is 24.3 Å². The van der Waals surface area contributed by atoms with Crippen molar-refractivity contribution < 1.29 is 4.74 Å². The Hall–Kier alpha value is -2.04. The number of hydrogen-bond acceptors (Lipinski definition) is 4.